The number of methoxy groups -OCH3 is 2. The number of fused-ring (bicyclic) bond motifs is 1. The molecule has 0 amide bonds. The number of likely N-dealkylation sites (tertiary alicyclic amines) is 1. The molecule has 4 aromatic rings. The molecule has 0 spiro atoms. The maximum absolute atomic E-state index is 14.6. The van der Waals surface area contributed by atoms with Crippen LogP contribution >= 0.6 is 23.1 Å². The van der Waals surface area contributed by atoms with Crippen LogP contribution in [0.3, 0.4) is 0 Å². The van der Waals surface area contributed by atoms with Crippen molar-refractivity contribution in [2.45, 2.75) is 31.5 Å². The van der Waals surface area contributed by atoms with Crippen molar-refractivity contribution in [2.75, 3.05) is 75.9 Å². The van der Waals surface area contributed by atoms with E-state index >= 15 is 0 Å². The van der Waals surface area contributed by atoms with E-state index in [9.17, 15) is 8.96 Å². The van der Waals surface area contributed by atoms with Gasteiger partial charge in [0.05, 0.1) is 40.4 Å². The summed E-state index contributed by atoms with van der Waals surface area (Å²) < 4.78 is 39.5. The van der Waals surface area contributed by atoms with Gasteiger partial charge in [0.25, 0.3) is 0 Å². The number of nitrogens with zero attached hydrogens (tertiary/aromatic N) is 6. The molecule has 0 atom stereocenters. The minimum atomic E-state index is -2.75. The number of piperidine rings is 1. The molecule has 2 aliphatic rings. The van der Waals surface area contributed by atoms with Gasteiger partial charge in [-0.1, -0.05) is 0 Å². The molecule has 6 rings (SSSR count). The molecule has 14 heteroatoms. The van der Waals surface area contributed by atoms with Gasteiger partial charge in [0.2, 0.25) is 5.95 Å². The van der Waals surface area contributed by atoms with Crippen molar-refractivity contribution >= 4 is 68.2 Å². The van der Waals surface area contributed by atoms with Crippen molar-refractivity contribution < 1.29 is 18.4 Å². The number of benzene rings is 2. The molecule has 11 nitrogen and oxygen atoms in total. The summed E-state index contributed by atoms with van der Waals surface area (Å²) in [6.45, 7) is 8.34. The van der Waals surface area contributed by atoms with Gasteiger partial charge in [-0.3, -0.25) is 14.9 Å². The first-order chi connectivity index (χ1) is 22.0. The summed E-state index contributed by atoms with van der Waals surface area (Å²) in [6, 6.07) is 8.17. The Kier molecular flexibility index (Phi) is 9.22. The number of hydrogen-bond donors (Lipinski definition) is 2. The number of ether oxygens (including phenoxy) is 2. The molecule has 0 aliphatic carbocycles. The molecule has 0 unspecified atom stereocenters. The van der Waals surface area contributed by atoms with Crippen LogP contribution in [-0.4, -0.2) is 96.9 Å². The molecule has 0 saturated carbocycles. The third-order valence-corrected chi connectivity index (χ3v) is 10.7. The van der Waals surface area contributed by atoms with Crippen molar-refractivity contribution in [1.29, 1.82) is 0 Å². The second kappa shape index (κ2) is 13.0. The zero-order valence-electron chi connectivity index (χ0n) is 26.7. The molecule has 2 fully saturated rings. The van der Waals surface area contributed by atoms with Gasteiger partial charge in [-0.25, -0.2) is 9.37 Å². The Morgan fingerprint density at radius 1 is 1.07 bits per heavy atom. The maximum Gasteiger partial charge on any atom is 0.229 e. The Bertz CT molecular complexity index is 1790. The molecule has 2 N–H and O–H groups in total. The number of aromatic nitrogens is 4. The predicted octanol–water partition coefficient (Wildman–Crippen LogP) is 5.87. The van der Waals surface area contributed by atoms with E-state index in [0.29, 0.717) is 63.1 Å². The van der Waals surface area contributed by atoms with Crippen molar-refractivity contribution in [1.82, 2.24) is 24.8 Å². The maximum atomic E-state index is 14.6. The third-order valence-electron chi connectivity index (χ3n) is 8.61. The van der Waals surface area contributed by atoms with Gasteiger partial charge in [0.1, 0.15) is 24.2 Å². The highest BCUT2D eigenvalue weighted by molar-refractivity contribution is 9.10. The van der Waals surface area contributed by atoms with Gasteiger partial charge in [-0.05, 0) is 72.8 Å². The second-order valence-corrected chi connectivity index (χ2v) is 16.4. The fourth-order valence-electron chi connectivity index (χ4n) is 6.48. The van der Waals surface area contributed by atoms with Crippen LogP contribution in [0.2, 0.25) is 0 Å². The van der Waals surface area contributed by atoms with Crippen molar-refractivity contribution in [2.24, 2.45) is 0 Å². The molecule has 244 valence electrons. The largest absolute Gasteiger partial charge is 0.494 e. The van der Waals surface area contributed by atoms with Gasteiger partial charge in [0.15, 0.2) is 5.67 Å². The van der Waals surface area contributed by atoms with Gasteiger partial charge in [-0.15, -0.1) is 0 Å². The highest BCUT2D eigenvalue weighted by atomic mass is 79.9. The lowest BCUT2D eigenvalue weighted by molar-refractivity contribution is -0.0977. The van der Waals surface area contributed by atoms with E-state index in [4.69, 9.17) is 14.5 Å². The molecule has 4 heterocycles. The summed E-state index contributed by atoms with van der Waals surface area (Å²) in [6.07, 6.45) is 6.83. The molecule has 2 saturated heterocycles. The zero-order valence-corrected chi connectivity index (χ0v) is 29.2. The Morgan fingerprint density at radius 3 is 2.50 bits per heavy atom. The van der Waals surface area contributed by atoms with Gasteiger partial charge in [-0.2, -0.15) is 4.98 Å². The molecule has 2 aromatic heterocycles. The Hall–Kier alpha value is -3.38. The summed E-state index contributed by atoms with van der Waals surface area (Å²) in [5, 5.41) is 7.28. The van der Waals surface area contributed by atoms with Crippen LogP contribution in [-0.2, 0) is 9.30 Å². The van der Waals surface area contributed by atoms with Crippen LogP contribution in [0.15, 0.2) is 47.3 Å². The number of anilines is 5. The fraction of sp³-hybridized carbons (Fsp3) is 0.438. The molecule has 46 heavy (non-hydrogen) atoms. The zero-order chi connectivity index (χ0) is 32.6. The number of nitrogens with one attached hydrogen (secondary N) is 2. The quantitative estimate of drug-likeness (QED) is 0.192. The Balaban J connectivity index is 1.19. The molecular weight excluding hydrogens is 674 g/mol. The number of aryl methyl sites for hydroxylation is 1. The Morgan fingerprint density at radius 2 is 1.80 bits per heavy atom. The van der Waals surface area contributed by atoms with E-state index in [-0.39, 0.29) is 6.61 Å². The lowest BCUT2D eigenvalue weighted by Gasteiger charge is -2.50. The van der Waals surface area contributed by atoms with E-state index in [1.54, 1.807) is 46.1 Å². The number of alkyl halides is 1. The van der Waals surface area contributed by atoms with E-state index < -0.39 is 12.8 Å². The lowest BCUT2D eigenvalue weighted by Crippen LogP contribution is -2.65. The average Bonchev–Trinajstić information content (AvgIpc) is 3.01. The molecule has 0 bridgehead atoms. The lowest BCUT2D eigenvalue weighted by atomic mass is 9.91. The molecule has 2 aromatic carbocycles. The summed E-state index contributed by atoms with van der Waals surface area (Å²) in [5.41, 5.74) is 3.63. The highest BCUT2D eigenvalue weighted by Gasteiger charge is 2.46. The highest BCUT2D eigenvalue weighted by Crippen LogP contribution is 2.42. The van der Waals surface area contributed by atoms with Crippen molar-refractivity contribution in [3.63, 3.8) is 0 Å². The minimum absolute atomic E-state index is 0.159. The summed E-state index contributed by atoms with van der Waals surface area (Å²) >= 11 is 3.56. The van der Waals surface area contributed by atoms with E-state index in [1.807, 2.05) is 24.3 Å². The van der Waals surface area contributed by atoms with E-state index in [2.05, 4.69) is 58.2 Å². The van der Waals surface area contributed by atoms with Gasteiger partial charge >= 0.3 is 0 Å². The fourth-order valence-corrected chi connectivity index (χ4v) is 8.16. The summed E-state index contributed by atoms with van der Waals surface area (Å²) in [7, 11) is 0.448. The first-order valence-corrected chi connectivity index (χ1v) is 18.6. The van der Waals surface area contributed by atoms with E-state index in [1.165, 1.54) is 0 Å². The van der Waals surface area contributed by atoms with Crippen LogP contribution in [0.4, 0.5) is 33.2 Å². The molecule has 0 radical (unpaired) electrons. The smallest absolute Gasteiger partial charge is 0.229 e. The van der Waals surface area contributed by atoms with Crippen molar-refractivity contribution in [3.8, 4) is 5.75 Å². The van der Waals surface area contributed by atoms with Crippen LogP contribution in [0.25, 0.3) is 11.0 Å². The summed E-state index contributed by atoms with van der Waals surface area (Å²) in [5.74, 6) is 1.53. The molecule has 2 aliphatic heterocycles. The van der Waals surface area contributed by atoms with Crippen LogP contribution in [0, 0.1) is 6.92 Å². The van der Waals surface area contributed by atoms with Crippen LogP contribution in [0.5, 0.6) is 5.75 Å². The number of hydrogen-bond acceptors (Lipinski definition) is 11. The standard InChI is InChI=1S/C32H39BrFN8O3P/c1-20-14-25(27(45-3)15-26(20)41-12-8-21(9-13-41)42-17-32(34,18-42)19-44-2)39-31-37-16-22(33)30(40-31)38-24-7-6-23-28(36-11-10-35-23)29(24)46(4,5)43/h6-7,10-11,14-16,21H,8-9,12-13,17-19H2,1-5H3,(H2,37,38,39,40). The topological polar surface area (TPSA) is 118 Å². The van der Waals surface area contributed by atoms with Gasteiger partial charge < -0.3 is 29.6 Å². The average molecular weight is 714 g/mol. The first-order valence-electron chi connectivity index (χ1n) is 15.2. The van der Waals surface area contributed by atoms with E-state index in [0.717, 1.165) is 42.9 Å². The first kappa shape index (κ1) is 32.6. The second-order valence-electron chi connectivity index (χ2n) is 12.4. The van der Waals surface area contributed by atoms with Crippen LogP contribution in [0.1, 0.15) is 18.4 Å². The predicted molar refractivity (Wildman–Crippen MR) is 185 cm³/mol. The monoisotopic (exact) mass is 712 g/mol. The van der Waals surface area contributed by atoms with Crippen molar-refractivity contribution in [3.05, 3.63) is 52.9 Å². The normalized spacial score (nSPS) is 17.2. The minimum Gasteiger partial charge on any atom is -0.494 e. The number of rotatable bonds is 10. The van der Waals surface area contributed by atoms with Gasteiger partial charge in [0, 0.05) is 69.7 Å². The SMILES string of the molecule is COCC1(F)CN(C2CCN(c3cc(OC)c(Nc4ncc(Br)c(Nc5ccc6nccnc6c5P(C)(C)=O)n4)cc3C)CC2)C1. The van der Waals surface area contributed by atoms with Crippen LogP contribution < -0.4 is 25.6 Å². The molecular formula is C32H39BrFN8O3P. The third kappa shape index (κ3) is 6.69. The summed E-state index contributed by atoms with van der Waals surface area (Å²) in [4.78, 5) is 22.7. The Labute approximate surface area is 276 Å². The number of halogens is 2.